The first-order valence-electron chi connectivity index (χ1n) is 4.24. The number of rotatable bonds is 3. The Labute approximate surface area is 95.2 Å². The highest BCUT2D eigenvalue weighted by atomic mass is 35.5. The molecule has 0 bridgehead atoms. The van der Waals surface area contributed by atoms with Crippen molar-refractivity contribution in [1.82, 2.24) is 4.72 Å². The lowest BCUT2D eigenvalue weighted by molar-refractivity contribution is 0.159. The van der Waals surface area contributed by atoms with Crippen LogP contribution in [0.2, 0.25) is 5.02 Å². The van der Waals surface area contributed by atoms with E-state index in [4.69, 9.17) is 11.6 Å². The lowest BCUT2D eigenvalue weighted by atomic mass is 10.4. The molecule has 0 spiro atoms. The van der Waals surface area contributed by atoms with Crippen LogP contribution in [0.25, 0.3) is 0 Å². The van der Waals surface area contributed by atoms with Crippen molar-refractivity contribution >= 4 is 28.7 Å². The second-order valence-electron chi connectivity index (χ2n) is 2.55. The molecule has 0 saturated heterocycles. The van der Waals surface area contributed by atoms with Crippen molar-refractivity contribution in [3.05, 3.63) is 29.3 Å². The van der Waals surface area contributed by atoms with Gasteiger partial charge in [-0.25, -0.2) is 13.7 Å². The Hall–Kier alpha value is -1.07. The van der Waals surface area contributed by atoms with E-state index in [1.54, 1.807) is 31.2 Å². The van der Waals surface area contributed by atoms with Gasteiger partial charge in [-0.05, 0) is 31.2 Å². The Morgan fingerprint density at radius 3 is 2.60 bits per heavy atom. The fraction of sp³-hybridized carbons (Fsp3) is 0.222. The van der Waals surface area contributed by atoms with E-state index in [0.717, 1.165) is 0 Å². The van der Waals surface area contributed by atoms with Gasteiger partial charge in [0.15, 0.2) is 11.0 Å². The van der Waals surface area contributed by atoms with Crippen LogP contribution in [0.1, 0.15) is 6.92 Å². The number of ether oxygens (including phenoxy) is 1. The van der Waals surface area contributed by atoms with Crippen molar-refractivity contribution < 1.29 is 13.7 Å². The van der Waals surface area contributed by atoms with E-state index in [-0.39, 0.29) is 6.61 Å². The van der Waals surface area contributed by atoms with Gasteiger partial charge in [0.25, 0.3) is 0 Å². The van der Waals surface area contributed by atoms with Gasteiger partial charge in [-0.2, -0.15) is 0 Å². The van der Waals surface area contributed by atoms with Gasteiger partial charge in [0.05, 0.1) is 11.5 Å². The van der Waals surface area contributed by atoms with Crippen LogP contribution < -0.4 is 4.72 Å². The van der Waals surface area contributed by atoms with Crippen LogP contribution >= 0.6 is 11.6 Å². The number of hydrogen-bond donors (Lipinski definition) is 1. The standard InChI is InChI=1S/C9H10ClNO3S/c1-2-14-9(12)11-15(13)8-5-3-7(10)4-6-8/h3-6H,2H2,1H3,(H,11,12). The first-order valence-corrected chi connectivity index (χ1v) is 5.77. The Morgan fingerprint density at radius 2 is 2.07 bits per heavy atom. The predicted octanol–water partition coefficient (Wildman–Crippen LogP) is 2.11. The Morgan fingerprint density at radius 1 is 1.47 bits per heavy atom. The third kappa shape index (κ3) is 3.89. The zero-order valence-electron chi connectivity index (χ0n) is 8.03. The summed E-state index contributed by atoms with van der Waals surface area (Å²) >= 11 is 5.66. The molecule has 0 radical (unpaired) electrons. The molecule has 0 aromatic heterocycles. The van der Waals surface area contributed by atoms with E-state index >= 15 is 0 Å². The molecular formula is C9H10ClNO3S. The fourth-order valence-corrected chi connectivity index (χ4v) is 1.69. The molecule has 1 amide bonds. The van der Waals surface area contributed by atoms with E-state index in [1.807, 2.05) is 0 Å². The number of hydrogen-bond acceptors (Lipinski definition) is 3. The van der Waals surface area contributed by atoms with Gasteiger partial charge in [0, 0.05) is 5.02 Å². The summed E-state index contributed by atoms with van der Waals surface area (Å²) in [6.45, 7) is 1.91. The second-order valence-corrected chi connectivity index (χ2v) is 4.19. The monoisotopic (exact) mass is 247 g/mol. The minimum absolute atomic E-state index is 0.240. The predicted molar refractivity (Wildman–Crippen MR) is 58.0 cm³/mol. The molecule has 1 rings (SSSR count). The van der Waals surface area contributed by atoms with Crippen molar-refractivity contribution in [1.29, 1.82) is 0 Å². The molecule has 1 unspecified atom stereocenters. The summed E-state index contributed by atoms with van der Waals surface area (Å²) in [5, 5.41) is 0.548. The molecule has 1 N–H and O–H groups in total. The van der Waals surface area contributed by atoms with Gasteiger partial charge >= 0.3 is 6.09 Å². The minimum atomic E-state index is -1.61. The maximum absolute atomic E-state index is 11.5. The molecule has 1 atom stereocenters. The Balaban J connectivity index is 2.61. The maximum atomic E-state index is 11.5. The van der Waals surface area contributed by atoms with Crippen molar-refractivity contribution in [3.63, 3.8) is 0 Å². The molecule has 0 fully saturated rings. The van der Waals surface area contributed by atoms with Crippen LogP contribution in [0.15, 0.2) is 29.2 Å². The summed E-state index contributed by atoms with van der Waals surface area (Å²) in [5.74, 6) is 0. The Bertz CT molecular complexity index is 366. The van der Waals surface area contributed by atoms with Gasteiger partial charge in [0.2, 0.25) is 0 Å². The van der Waals surface area contributed by atoms with Crippen LogP contribution in [0, 0.1) is 0 Å². The van der Waals surface area contributed by atoms with E-state index in [0.29, 0.717) is 9.92 Å². The normalized spacial score (nSPS) is 11.9. The van der Waals surface area contributed by atoms with Gasteiger partial charge in [-0.1, -0.05) is 11.6 Å². The van der Waals surface area contributed by atoms with Gasteiger partial charge < -0.3 is 4.74 Å². The lowest BCUT2D eigenvalue weighted by Crippen LogP contribution is -2.26. The highest BCUT2D eigenvalue weighted by molar-refractivity contribution is 7.83. The van der Waals surface area contributed by atoms with Gasteiger partial charge in [0.1, 0.15) is 0 Å². The molecule has 1 aromatic rings. The van der Waals surface area contributed by atoms with Crippen LogP contribution in [0.5, 0.6) is 0 Å². The number of amides is 1. The highest BCUT2D eigenvalue weighted by Gasteiger charge is 2.08. The molecule has 1 aromatic carbocycles. The summed E-state index contributed by atoms with van der Waals surface area (Å²) in [4.78, 5) is 11.4. The number of halogens is 1. The molecule has 82 valence electrons. The second kappa shape index (κ2) is 5.72. The van der Waals surface area contributed by atoms with Crippen LogP contribution in [-0.2, 0) is 15.7 Å². The zero-order chi connectivity index (χ0) is 11.3. The highest BCUT2D eigenvalue weighted by Crippen LogP contribution is 2.11. The Kier molecular flexibility index (Phi) is 4.58. The van der Waals surface area contributed by atoms with Crippen molar-refractivity contribution in [2.24, 2.45) is 0 Å². The van der Waals surface area contributed by atoms with Crippen molar-refractivity contribution in [3.8, 4) is 0 Å². The first kappa shape index (κ1) is 12.0. The molecule has 0 aliphatic rings. The number of benzene rings is 1. The SMILES string of the molecule is CCOC(=O)NS(=O)c1ccc(Cl)cc1. The molecule has 0 heterocycles. The summed E-state index contributed by atoms with van der Waals surface area (Å²) < 4.78 is 18.3. The summed E-state index contributed by atoms with van der Waals surface area (Å²) in [7, 11) is -1.61. The largest absolute Gasteiger partial charge is 0.449 e. The molecule has 6 heteroatoms. The molecule has 15 heavy (non-hydrogen) atoms. The zero-order valence-corrected chi connectivity index (χ0v) is 9.60. The minimum Gasteiger partial charge on any atom is -0.449 e. The summed E-state index contributed by atoms with van der Waals surface area (Å²) in [6, 6.07) is 6.35. The lowest BCUT2D eigenvalue weighted by Gasteiger charge is -2.04. The molecule has 0 aliphatic heterocycles. The third-order valence-electron chi connectivity index (χ3n) is 1.48. The van der Waals surface area contributed by atoms with Crippen LogP contribution in [0.4, 0.5) is 4.79 Å². The smallest absolute Gasteiger partial charge is 0.419 e. The van der Waals surface area contributed by atoms with E-state index in [2.05, 4.69) is 9.46 Å². The molecule has 0 aliphatic carbocycles. The third-order valence-corrected chi connectivity index (χ3v) is 2.78. The van der Waals surface area contributed by atoms with Crippen molar-refractivity contribution in [2.45, 2.75) is 11.8 Å². The average molecular weight is 248 g/mol. The molecule has 4 nitrogen and oxygen atoms in total. The summed E-state index contributed by atoms with van der Waals surface area (Å²) in [5.41, 5.74) is 0. The molecule has 0 saturated carbocycles. The first-order chi connectivity index (χ1) is 7.13. The number of carbonyl (C=O) groups excluding carboxylic acids is 1. The average Bonchev–Trinajstić information content (AvgIpc) is 2.18. The molecular weight excluding hydrogens is 238 g/mol. The quantitative estimate of drug-likeness (QED) is 0.890. The van der Waals surface area contributed by atoms with Gasteiger partial charge in [-0.15, -0.1) is 0 Å². The van der Waals surface area contributed by atoms with Crippen LogP contribution in [-0.4, -0.2) is 16.9 Å². The van der Waals surface area contributed by atoms with Gasteiger partial charge in [-0.3, -0.25) is 0 Å². The van der Waals surface area contributed by atoms with Crippen molar-refractivity contribution in [2.75, 3.05) is 6.61 Å². The maximum Gasteiger partial charge on any atom is 0.419 e. The fourth-order valence-electron chi connectivity index (χ4n) is 0.853. The van der Waals surface area contributed by atoms with E-state index in [1.165, 1.54) is 0 Å². The summed E-state index contributed by atoms with van der Waals surface area (Å²) in [6.07, 6.45) is -0.703. The number of nitrogens with one attached hydrogen (secondary N) is 1. The van der Waals surface area contributed by atoms with E-state index in [9.17, 15) is 9.00 Å². The van der Waals surface area contributed by atoms with Crippen LogP contribution in [0.3, 0.4) is 0 Å². The van der Waals surface area contributed by atoms with E-state index < -0.39 is 17.1 Å². The number of carbonyl (C=O) groups is 1. The topological polar surface area (TPSA) is 55.4 Å².